The van der Waals surface area contributed by atoms with Crippen LogP contribution in [0, 0.1) is 0 Å². The third-order valence-electron chi connectivity index (χ3n) is 4.04. The fourth-order valence-corrected chi connectivity index (χ4v) is 9.87. The highest BCUT2D eigenvalue weighted by atomic mass is 79.9. The highest BCUT2D eigenvalue weighted by molar-refractivity contribution is 9.12. The molecule has 3 aromatic carbocycles. The van der Waals surface area contributed by atoms with Gasteiger partial charge in [0.25, 0.3) is 0 Å². The highest BCUT2D eigenvalue weighted by Gasteiger charge is 2.19. The second kappa shape index (κ2) is 14.2. The average molecular weight is 1150 g/mol. The molecule has 0 radical (unpaired) electrons. The smallest absolute Gasteiger partial charge is 0.331 e. The van der Waals surface area contributed by atoms with Gasteiger partial charge in [0.2, 0.25) is 0 Å². The summed E-state index contributed by atoms with van der Waals surface area (Å²) in [5.74, 6) is 1.37. The largest absolute Gasteiger partial charge is 0.422 e. The van der Waals surface area contributed by atoms with E-state index in [1.54, 1.807) is 0 Å². The second-order valence-electron chi connectivity index (χ2n) is 6.58. The Morgan fingerprint density at radius 2 is 0.568 bits per heavy atom. The third kappa shape index (κ3) is 8.44. The van der Waals surface area contributed by atoms with Crippen LogP contribution in [0.25, 0.3) is 0 Å². The summed E-state index contributed by atoms with van der Waals surface area (Å²) in [4.78, 5) is 13.0. The Labute approximate surface area is 297 Å². The Hall–Kier alpha value is 0.870. The number of halogens is 10. The van der Waals surface area contributed by atoms with Gasteiger partial charge < -0.3 is 14.2 Å². The first kappa shape index (κ1) is 32.4. The van der Waals surface area contributed by atoms with Crippen LogP contribution in [0.3, 0.4) is 0 Å². The molecule has 0 bridgehead atoms. The van der Waals surface area contributed by atoms with Gasteiger partial charge in [-0.25, -0.2) is 0 Å². The molecule has 4 aromatic rings. The number of nitrogens with zero attached hydrogens (tertiary/aromatic N) is 3. The van der Waals surface area contributed by atoms with Crippen LogP contribution in [0.15, 0.2) is 76.7 Å². The van der Waals surface area contributed by atoms with Gasteiger partial charge in [-0.1, -0.05) is 47.8 Å². The zero-order valence-electron chi connectivity index (χ0n) is 17.3. The van der Waals surface area contributed by atoms with Gasteiger partial charge >= 0.3 is 18.0 Å². The van der Waals surface area contributed by atoms with E-state index in [0.717, 1.165) is 13.4 Å². The number of hydrogen-bond acceptors (Lipinski definition) is 6. The Kier molecular flexibility index (Phi) is 12.4. The van der Waals surface area contributed by atoms with Crippen molar-refractivity contribution in [3.05, 3.63) is 76.7 Å². The maximum Gasteiger partial charge on any atom is 0.331 e. The maximum atomic E-state index is 6.01. The number of aromatic nitrogens is 3. The second-order valence-corrected chi connectivity index (χ2v) is 14.5. The molecule has 194 valence electrons. The van der Waals surface area contributed by atoms with E-state index in [4.69, 9.17) is 14.2 Å². The van der Waals surface area contributed by atoms with Crippen molar-refractivity contribution in [2.45, 2.75) is 0 Å². The number of benzene rings is 3. The number of hydrogen-bond donors (Lipinski definition) is 0. The lowest BCUT2D eigenvalue weighted by Crippen LogP contribution is -2.03. The average Bonchev–Trinajstić information content (AvgIpc) is 2.76. The van der Waals surface area contributed by atoms with Gasteiger partial charge in [-0.2, -0.15) is 0 Å². The quantitative estimate of drug-likeness (QED) is 0.192. The normalized spacial score (nSPS) is 10.6. The molecule has 0 aliphatic heterocycles. The van der Waals surface area contributed by atoms with Crippen LogP contribution in [0.2, 0.25) is 0 Å². The standard InChI is InChI=1S/C21H6Br9N3O3.BrH/c22-7-1-10(25)16(11(26)2-7)34-19-31-20(35-17-12(27)3-8(23)4-13(17)28)33-21(32-19)36-18-14(29)5-9(24)6-15(18)30;/h1-6H;1H. The topological polar surface area (TPSA) is 66.4 Å². The zero-order chi connectivity index (χ0) is 26.1. The summed E-state index contributed by atoms with van der Waals surface area (Å²) in [6.07, 6.45) is 0. The Morgan fingerprint density at radius 3 is 0.757 bits per heavy atom. The lowest BCUT2D eigenvalue weighted by Gasteiger charge is -2.14. The molecule has 37 heavy (non-hydrogen) atoms. The van der Waals surface area contributed by atoms with Gasteiger partial charge in [0.1, 0.15) is 0 Å². The minimum absolute atomic E-state index is 0. The van der Waals surface area contributed by atoms with Crippen molar-refractivity contribution in [1.29, 1.82) is 0 Å². The van der Waals surface area contributed by atoms with Gasteiger partial charge in [0.05, 0.1) is 26.8 Å². The first-order chi connectivity index (χ1) is 17.0. The monoisotopic (exact) mass is 1140 g/mol. The van der Waals surface area contributed by atoms with Crippen molar-refractivity contribution in [2.75, 3.05) is 0 Å². The van der Waals surface area contributed by atoms with Crippen LogP contribution < -0.4 is 14.2 Å². The highest BCUT2D eigenvalue weighted by Crippen LogP contribution is 2.42. The Balaban J connectivity index is 0.00000380. The van der Waals surface area contributed by atoms with E-state index in [1.807, 2.05) is 36.4 Å². The molecule has 16 heteroatoms. The molecule has 1 aromatic heterocycles. The molecule has 0 aliphatic carbocycles. The van der Waals surface area contributed by atoms with Gasteiger partial charge in [-0.3, -0.25) is 0 Å². The Morgan fingerprint density at radius 1 is 0.378 bits per heavy atom. The molecule has 0 fully saturated rings. The molecule has 4 rings (SSSR count). The van der Waals surface area contributed by atoms with Gasteiger partial charge in [-0.15, -0.1) is 31.9 Å². The molecule has 0 saturated heterocycles. The predicted octanol–water partition coefficient (Wildman–Crippen LogP) is 12.7. The fourth-order valence-electron chi connectivity index (χ4n) is 2.61. The van der Waals surface area contributed by atoms with Gasteiger partial charge in [-0.05, 0) is 132 Å². The number of ether oxygens (including phenoxy) is 3. The molecule has 6 nitrogen and oxygen atoms in total. The molecule has 0 amide bonds. The van der Waals surface area contributed by atoms with Gasteiger partial charge in [0, 0.05) is 13.4 Å². The molecule has 0 N–H and O–H groups in total. The van der Waals surface area contributed by atoms with E-state index in [9.17, 15) is 0 Å². The molecule has 0 unspecified atom stereocenters. The summed E-state index contributed by atoms with van der Waals surface area (Å²) < 4.78 is 24.6. The molecule has 0 spiro atoms. The molecule has 0 atom stereocenters. The Bertz CT molecular complexity index is 1230. The first-order valence-corrected chi connectivity index (χ1v) is 16.4. The molecular formula is C21H7Br10N3O3. The van der Waals surface area contributed by atoms with Crippen LogP contribution in [0.4, 0.5) is 0 Å². The fraction of sp³-hybridized carbons (Fsp3) is 0. The third-order valence-corrected chi connectivity index (χ3v) is 8.95. The summed E-state index contributed by atoms with van der Waals surface area (Å²) in [6.45, 7) is 0. The van der Waals surface area contributed by atoms with Crippen molar-refractivity contribution < 1.29 is 14.2 Å². The summed E-state index contributed by atoms with van der Waals surface area (Å²) in [5.41, 5.74) is 0. The number of rotatable bonds is 6. The molecule has 1 heterocycles. The van der Waals surface area contributed by atoms with E-state index in [0.29, 0.717) is 44.1 Å². The zero-order valence-corrected chi connectivity index (χ0v) is 33.3. The van der Waals surface area contributed by atoms with E-state index >= 15 is 0 Å². The molecule has 0 saturated carbocycles. The van der Waals surface area contributed by atoms with E-state index in [2.05, 4.69) is 158 Å². The van der Waals surface area contributed by atoms with E-state index < -0.39 is 0 Å². The van der Waals surface area contributed by atoms with Crippen molar-refractivity contribution in [2.24, 2.45) is 0 Å². The van der Waals surface area contributed by atoms with Crippen molar-refractivity contribution >= 4 is 160 Å². The predicted molar refractivity (Wildman–Crippen MR) is 179 cm³/mol. The van der Waals surface area contributed by atoms with Crippen molar-refractivity contribution in [1.82, 2.24) is 15.0 Å². The minimum atomic E-state index is -0.0487. The van der Waals surface area contributed by atoms with Crippen LogP contribution in [0.1, 0.15) is 0 Å². The van der Waals surface area contributed by atoms with Crippen molar-refractivity contribution in [3.8, 4) is 35.3 Å². The first-order valence-electron chi connectivity index (χ1n) is 9.23. The molecular weight excluding hydrogens is 1140 g/mol. The van der Waals surface area contributed by atoms with Crippen LogP contribution in [-0.2, 0) is 0 Å². The van der Waals surface area contributed by atoms with Crippen LogP contribution in [-0.4, -0.2) is 15.0 Å². The summed E-state index contributed by atoms with van der Waals surface area (Å²) in [6, 6.07) is 10.9. The summed E-state index contributed by atoms with van der Waals surface area (Å²) >= 11 is 31.3. The van der Waals surface area contributed by atoms with E-state index in [1.165, 1.54) is 0 Å². The lowest BCUT2D eigenvalue weighted by molar-refractivity contribution is 0.358. The van der Waals surface area contributed by atoms with Crippen LogP contribution in [0.5, 0.6) is 35.3 Å². The maximum absolute atomic E-state index is 6.01. The lowest BCUT2D eigenvalue weighted by atomic mass is 10.3. The minimum Gasteiger partial charge on any atom is -0.422 e. The van der Waals surface area contributed by atoms with E-state index in [-0.39, 0.29) is 35.0 Å². The SMILES string of the molecule is Br.Brc1cc(Br)c(Oc2nc(Oc3c(Br)cc(Br)cc3Br)nc(Oc3c(Br)cc(Br)cc3Br)n2)c(Br)c1. The molecule has 0 aliphatic rings. The summed E-state index contributed by atoms with van der Waals surface area (Å²) in [7, 11) is 0. The van der Waals surface area contributed by atoms with Crippen LogP contribution >= 0.6 is 160 Å². The summed E-state index contributed by atoms with van der Waals surface area (Å²) in [5, 5.41) is 0. The van der Waals surface area contributed by atoms with Crippen molar-refractivity contribution in [3.63, 3.8) is 0 Å². The van der Waals surface area contributed by atoms with Gasteiger partial charge in [0.15, 0.2) is 17.2 Å².